The third-order valence-electron chi connectivity index (χ3n) is 3.32. The second kappa shape index (κ2) is 6.64. The van der Waals surface area contributed by atoms with Crippen LogP contribution in [0.1, 0.15) is 37.5 Å². The van der Waals surface area contributed by atoms with Gasteiger partial charge < -0.3 is 0 Å². The van der Waals surface area contributed by atoms with Crippen molar-refractivity contribution in [2.45, 2.75) is 31.7 Å². The first-order valence-electron chi connectivity index (χ1n) is 6.74. The van der Waals surface area contributed by atoms with E-state index in [0.717, 1.165) is 17.7 Å². The highest BCUT2D eigenvalue weighted by atomic mass is 35.5. The van der Waals surface area contributed by atoms with Gasteiger partial charge in [-0.1, -0.05) is 19.1 Å². The van der Waals surface area contributed by atoms with Crippen LogP contribution in [-0.2, 0) is 0 Å². The lowest BCUT2D eigenvalue weighted by Crippen LogP contribution is -2.29. The highest BCUT2D eigenvalue weighted by Crippen LogP contribution is 2.25. The molecule has 0 saturated heterocycles. The number of benzene rings is 1. The average Bonchev–Trinajstić information content (AvgIpc) is 2.46. The highest BCUT2D eigenvalue weighted by Gasteiger charge is 2.20. The molecule has 2 rings (SSSR count). The molecule has 108 valence electrons. The first-order valence-corrected chi connectivity index (χ1v) is 8.57. The Morgan fingerprint density at radius 3 is 2.75 bits per heavy atom. The minimum atomic E-state index is -0.239. The Bertz CT molecular complexity index is 656. The molecule has 0 fully saturated rings. The zero-order chi connectivity index (χ0) is 14.7. The van der Waals surface area contributed by atoms with Crippen molar-refractivity contribution in [3.05, 3.63) is 40.4 Å². The maximum Gasteiger partial charge on any atom is 0.261 e. The molecular weight excluding hydrogens is 292 g/mol. The normalized spacial score (nSPS) is 14.4. The average molecular weight is 311 g/mol. The first kappa shape index (κ1) is 15.4. The van der Waals surface area contributed by atoms with E-state index in [9.17, 15) is 4.79 Å². The maximum atomic E-state index is 12.7. The van der Waals surface area contributed by atoms with Gasteiger partial charge in [-0.3, -0.25) is 9.36 Å². The molecule has 0 saturated carbocycles. The minimum Gasteiger partial charge on any atom is -0.291 e. The molecule has 0 amide bonds. The lowest BCUT2D eigenvalue weighted by molar-refractivity contribution is 0.539. The molecule has 5 heteroatoms. The van der Waals surface area contributed by atoms with Crippen molar-refractivity contribution in [1.82, 2.24) is 9.55 Å². The molecule has 1 heterocycles. The number of thioether (sulfide) groups is 1. The number of nitrogens with zero attached hydrogens (tertiary/aromatic N) is 2. The number of halogens is 1. The predicted octanol–water partition coefficient (Wildman–Crippen LogP) is 4.01. The Morgan fingerprint density at radius 1 is 1.40 bits per heavy atom. The van der Waals surface area contributed by atoms with E-state index >= 15 is 0 Å². The van der Waals surface area contributed by atoms with Gasteiger partial charge in [0.2, 0.25) is 0 Å². The summed E-state index contributed by atoms with van der Waals surface area (Å²) in [5, 5.41) is 0.417. The van der Waals surface area contributed by atoms with E-state index in [2.05, 4.69) is 4.98 Å². The Hall–Kier alpha value is -1.00. The summed E-state index contributed by atoms with van der Waals surface area (Å²) >= 11 is 8.10. The molecule has 0 spiro atoms. The van der Waals surface area contributed by atoms with Crippen molar-refractivity contribution in [3.8, 4) is 0 Å². The second-order valence-corrected chi connectivity index (χ2v) is 6.28. The van der Waals surface area contributed by atoms with Gasteiger partial charge in [0.25, 0.3) is 5.56 Å². The van der Waals surface area contributed by atoms with E-state index in [1.807, 2.05) is 44.4 Å². The van der Waals surface area contributed by atoms with Gasteiger partial charge in [0.15, 0.2) is 0 Å². The lowest BCUT2D eigenvalue weighted by Gasteiger charge is -2.21. The van der Waals surface area contributed by atoms with Crippen molar-refractivity contribution in [1.29, 1.82) is 0 Å². The summed E-state index contributed by atoms with van der Waals surface area (Å²) in [5.74, 6) is 1.54. The van der Waals surface area contributed by atoms with Gasteiger partial charge >= 0.3 is 0 Å². The van der Waals surface area contributed by atoms with Crippen LogP contribution in [0.3, 0.4) is 0 Å². The Morgan fingerprint density at radius 2 is 2.10 bits per heavy atom. The van der Waals surface area contributed by atoms with Crippen LogP contribution in [0.4, 0.5) is 0 Å². The maximum absolute atomic E-state index is 12.7. The summed E-state index contributed by atoms with van der Waals surface area (Å²) < 4.78 is 1.76. The predicted molar refractivity (Wildman–Crippen MR) is 88.0 cm³/mol. The third kappa shape index (κ3) is 2.86. The topological polar surface area (TPSA) is 34.9 Å². The van der Waals surface area contributed by atoms with Gasteiger partial charge in [0.05, 0.1) is 16.3 Å². The Kier molecular flexibility index (Phi) is 5.11. The molecular formula is C15H19ClN2OS. The van der Waals surface area contributed by atoms with Crippen LogP contribution in [0.5, 0.6) is 0 Å². The van der Waals surface area contributed by atoms with Crippen molar-refractivity contribution in [3.63, 3.8) is 0 Å². The zero-order valence-corrected chi connectivity index (χ0v) is 13.5. The number of hydrogen-bond donors (Lipinski definition) is 0. The molecule has 2 atom stereocenters. The van der Waals surface area contributed by atoms with Crippen molar-refractivity contribution < 1.29 is 0 Å². The van der Waals surface area contributed by atoms with Crippen LogP contribution in [0, 0.1) is 0 Å². The summed E-state index contributed by atoms with van der Waals surface area (Å²) in [5.41, 5.74) is 0.727. The summed E-state index contributed by atoms with van der Waals surface area (Å²) in [6.45, 7) is 4.04. The number of alkyl halides is 1. The highest BCUT2D eigenvalue weighted by molar-refractivity contribution is 7.98. The Labute approximate surface area is 128 Å². The summed E-state index contributed by atoms with van der Waals surface area (Å²) in [6.07, 6.45) is 2.78. The van der Waals surface area contributed by atoms with Crippen LogP contribution < -0.4 is 5.56 Å². The monoisotopic (exact) mass is 310 g/mol. The molecule has 0 N–H and O–H groups in total. The van der Waals surface area contributed by atoms with Crippen LogP contribution in [-0.4, -0.2) is 21.6 Å². The zero-order valence-electron chi connectivity index (χ0n) is 12.0. The standard InChI is InChI=1S/C15H19ClN2OS/c1-4-12(16)14-17-13-8-6-5-7-11(13)15(19)18(14)10(2)9-20-3/h5-8,10,12H,4,9H2,1-3H3. The summed E-state index contributed by atoms with van der Waals surface area (Å²) in [7, 11) is 0. The van der Waals surface area contributed by atoms with E-state index in [-0.39, 0.29) is 17.0 Å². The van der Waals surface area contributed by atoms with E-state index in [4.69, 9.17) is 11.6 Å². The SMILES string of the molecule is CCC(Cl)c1nc2ccccc2c(=O)n1C(C)CSC. The quantitative estimate of drug-likeness (QED) is 0.783. The molecule has 0 aliphatic carbocycles. The van der Waals surface area contributed by atoms with Gasteiger partial charge in [-0.25, -0.2) is 4.98 Å². The van der Waals surface area contributed by atoms with Gasteiger partial charge in [-0.15, -0.1) is 11.6 Å². The first-order chi connectivity index (χ1) is 9.60. The molecule has 1 aromatic heterocycles. The number of rotatable bonds is 5. The molecule has 0 radical (unpaired) electrons. The molecule has 2 unspecified atom stereocenters. The largest absolute Gasteiger partial charge is 0.291 e. The van der Waals surface area contributed by atoms with Crippen LogP contribution in [0.25, 0.3) is 10.9 Å². The molecule has 0 aliphatic heterocycles. The van der Waals surface area contributed by atoms with E-state index in [1.54, 1.807) is 16.3 Å². The van der Waals surface area contributed by atoms with Gasteiger partial charge in [-0.2, -0.15) is 11.8 Å². The van der Waals surface area contributed by atoms with Gasteiger partial charge in [0.1, 0.15) is 5.82 Å². The fourth-order valence-corrected chi connectivity index (χ4v) is 3.09. The molecule has 3 nitrogen and oxygen atoms in total. The van der Waals surface area contributed by atoms with Crippen molar-refractivity contribution in [2.75, 3.05) is 12.0 Å². The Balaban J connectivity index is 2.73. The molecule has 0 aliphatic rings. The van der Waals surface area contributed by atoms with Crippen molar-refractivity contribution in [2.24, 2.45) is 0 Å². The van der Waals surface area contributed by atoms with Crippen LogP contribution in [0.15, 0.2) is 29.1 Å². The van der Waals surface area contributed by atoms with E-state index in [0.29, 0.717) is 11.2 Å². The van der Waals surface area contributed by atoms with Crippen LogP contribution >= 0.6 is 23.4 Å². The number of para-hydroxylation sites is 1. The number of hydrogen-bond acceptors (Lipinski definition) is 3. The molecule has 1 aromatic carbocycles. The summed E-state index contributed by atoms with van der Waals surface area (Å²) in [4.78, 5) is 17.4. The van der Waals surface area contributed by atoms with Crippen molar-refractivity contribution >= 4 is 34.3 Å². The molecule has 0 bridgehead atoms. The lowest BCUT2D eigenvalue weighted by atomic mass is 10.2. The van der Waals surface area contributed by atoms with E-state index < -0.39 is 0 Å². The molecule has 2 aromatic rings. The van der Waals surface area contributed by atoms with E-state index in [1.165, 1.54) is 0 Å². The third-order valence-corrected chi connectivity index (χ3v) is 4.64. The number of aromatic nitrogens is 2. The van der Waals surface area contributed by atoms with Crippen LogP contribution in [0.2, 0.25) is 0 Å². The smallest absolute Gasteiger partial charge is 0.261 e. The van der Waals surface area contributed by atoms with Gasteiger partial charge in [-0.05, 0) is 31.7 Å². The minimum absolute atomic E-state index is 0.00579. The fourth-order valence-electron chi connectivity index (χ4n) is 2.31. The second-order valence-electron chi connectivity index (χ2n) is 4.84. The summed E-state index contributed by atoms with van der Waals surface area (Å²) in [6, 6.07) is 7.53. The van der Waals surface area contributed by atoms with Gasteiger partial charge in [0, 0.05) is 11.8 Å². The molecule has 20 heavy (non-hydrogen) atoms. The number of fused-ring (bicyclic) bond motifs is 1. The fraction of sp³-hybridized carbons (Fsp3) is 0.467.